The summed E-state index contributed by atoms with van der Waals surface area (Å²) in [5.41, 5.74) is 6.24. The van der Waals surface area contributed by atoms with E-state index in [9.17, 15) is 8.78 Å². The van der Waals surface area contributed by atoms with Gasteiger partial charge in [-0.25, -0.2) is 8.78 Å². The molecule has 0 saturated heterocycles. The first kappa shape index (κ1) is 16.1. The standard InChI is InChI=1S/C18H12ClF2NO2/c19-15-9-12(21)3-7-16(15)24-17-8-4-13(22)10-18(17)23-14-5-1-11(20)2-6-14/h1-10H,22H2. The lowest BCUT2D eigenvalue weighted by atomic mass is 10.2. The van der Waals surface area contributed by atoms with Crippen LogP contribution in [0.3, 0.4) is 0 Å². The number of hydrogen-bond donors (Lipinski definition) is 1. The maximum atomic E-state index is 13.1. The molecule has 3 nitrogen and oxygen atoms in total. The smallest absolute Gasteiger partial charge is 0.171 e. The van der Waals surface area contributed by atoms with Gasteiger partial charge in [0.05, 0.1) is 5.02 Å². The number of benzene rings is 3. The first-order valence-corrected chi connectivity index (χ1v) is 7.35. The van der Waals surface area contributed by atoms with Crippen molar-refractivity contribution in [3.05, 3.63) is 77.3 Å². The van der Waals surface area contributed by atoms with E-state index < -0.39 is 5.82 Å². The molecule has 0 unspecified atom stereocenters. The van der Waals surface area contributed by atoms with Gasteiger partial charge in [0, 0.05) is 11.8 Å². The average molecular weight is 348 g/mol. The van der Waals surface area contributed by atoms with Gasteiger partial charge in [-0.1, -0.05) is 11.6 Å². The predicted octanol–water partition coefficient (Wildman–Crippen LogP) is 5.79. The number of anilines is 1. The van der Waals surface area contributed by atoms with Crippen molar-refractivity contribution in [3.8, 4) is 23.0 Å². The Bertz CT molecular complexity index is 869. The summed E-state index contributed by atoms with van der Waals surface area (Å²) in [6, 6.07) is 14.1. The van der Waals surface area contributed by atoms with Crippen LogP contribution in [-0.4, -0.2) is 0 Å². The van der Waals surface area contributed by atoms with E-state index in [0.717, 1.165) is 6.07 Å². The molecule has 3 aromatic carbocycles. The van der Waals surface area contributed by atoms with Crippen LogP contribution in [0.1, 0.15) is 0 Å². The Labute approximate surface area is 142 Å². The number of hydrogen-bond acceptors (Lipinski definition) is 3. The fourth-order valence-electron chi connectivity index (χ4n) is 1.99. The Morgan fingerprint density at radius 3 is 2.08 bits per heavy atom. The van der Waals surface area contributed by atoms with E-state index in [2.05, 4.69) is 0 Å². The zero-order valence-electron chi connectivity index (χ0n) is 12.3. The van der Waals surface area contributed by atoms with Crippen LogP contribution in [0.25, 0.3) is 0 Å². The highest BCUT2D eigenvalue weighted by Gasteiger charge is 2.11. The minimum absolute atomic E-state index is 0.125. The number of nitrogen functional groups attached to an aromatic ring is 1. The lowest BCUT2D eigenvalue weighted by Gasteiger charge is -2.14. The maximum absolute atomic E-state index is 13.1. The van der Waals surface area contributed by atoms with E-state index in [1.165, 1.54) is 36.4 Å². The van der Waals surface area contributed by atoms with Crippen molar-refractivity contribution >= 4 is 17.3 Å². The highest BCUT2D eigenvalue weighted by Crippen LogP contribution is 2.38. The molecule has 0 amide bonds. The molecule has 0 radical (unpaired) electrons. The highest BCUT2D eigenvalue weighted by atomic mass is 35.5. The van der Waals surface area contributed by atoms with Gasteiger partial charge in [0.1, 0.15) is 23.1 Å². The largest absolute Gasteiger partial charge is 0.453 e. The lowest BCUT2D eigenvalue weighted by Crippen LogP contribution is -1.94. The van der Waals surface area contributed by atoms with Crippen LogP contribution in [0.2, 0.25) is 5.02 Å². The van der Waals surface area contributed by atoms with E-state index in [1.54, 1.807) is 18.2 Å². The molecule has 0 spiro atoms. The summed E-state index contributed by atoms with van der Waals surface area (Å²) in [7, 11) is 0. The Morgan fingerprint density at radius 1 is 0.708 bits per heavy atom. The maximum Gasteiger partial charge on any atom is 0.171 e. The summed E-state index contributed by atoms with van der Waals surface area (Å²) in [5, 5.41) is 0.125. The molecule has 0 saturated carbocycles. The fraction of sp³-hybridized carbons (Fsp3) is 0. The number of halogens is 3. The summed E-state index contributed by atoms with van der Waals surface area (Å²) in [5.74, 6) is 0.504. The van der Waals surface area contributed by atoms with Gasteiger partial charge in [-0.15, -0.1) is 0 Å². The van der Waals surface area contributed by atoms with Crippen LogP contribution in [0.5, 0.6) is 23.0 Å². The molecule has 6 heteroatoms. The zero-order valence-corrected chi connectivity index (χ0v) is 13.1. The fourth-order valence-corrected chi connectivity index (χ4v) is 2.20. The van der Waals surface area contributed by atoms with Gasteiger partial charge in [0.2, 0.25) is 0 Å². The molecule has 24 heavy (non-hydrogen) atoms. The second kappa shape index (κ2) is 6.76. The monoisotopic (exact) mass is 347 g/mol. The van der Waals surface area contributed by atoms with Crippen LogP contribution in [0.15, 0.2) is 60.7 Å². The molecule has 2 N–H and O–H groups in total. The van der Waals surface area contributed by atoms with Gasteiger partial charge in [-0.2, -0.15) is 0 Å². The van der Waals surface area contributed by atoms with Crippen molar-refractivity contribution < 1.29 is 18.3 Å². The number of nitrogens with two attached hydrogens (primary N) is 1. The van der Waals surface area contributed by atoms with Crippen LogP contribution in [0, 0.1) is 11.6 Å². The molecule has 0 aromatic heterocycles. The van der Waals surface area contributed by atoms with E-state index >= 15 is 0 Å². The third-order valence-corrected chi connectivity index (χ3v) is 3.42. The zero-order chi connectivity index (χ0) is 17.1. The molecule has 0 bridgehead atoms. The highest BCUT2D eigenvalue weighted by molar-refractivity contribution is 6.32. The summed E-state index contributed by atoms with van der Waals surface area (Å²) < 4.78 is 37.5. The average Bonchev–Trinajstić information content (AvgIpc) is 2.54. The molecular formula is C18H12ClF2NO2. The van der Waals surface area contributed by atoms with Crippen molar-refractivity contribution in [3.63, 3.8) is 0 Å². The van der Waals surface area contributed by atoms with Crippen LogP contribution >= 0.6 is 11.6 Å². The van der Waals surface area contributed by atoms with Crippen LogP contribution in [-0.2, 0) is 0 Å². The van der Waals surface area contributed by atoms with Crippen molar-refractivity contribution in [1.29, 1.82) is 0 Å². The molecule has 0 heterocycles. The summed E-state index contributed by atoms with van der Waals surface area (Å²) in [6.45, 7) is 0. The van der Waals surface area contributed by atoms with E-state index in [-0.39, 0.29) is 16.6 Å². The molecular weight excluding hydrogens is 336 g/mol. The van der Waals surface area contributed by atoms with Crippen molar-refractivity contribution in [2.45, 2.75) is 0 Å². The summed E-state index contributed by atoms with van der Waals surface area (Å²) >= 11 is 5.97. The van der Waals surface area contributed by atoms with Gasteiger partial charge < -0.3 is 15.2 Å². The van der Waals surface area contributed by atoms with Gasteiger partial charge >= 0.3 is 0 Å². The Kier molecular flexibility index (Phi) is 4.53. The molecule has 0 fully saturated rings. The van der Waals surface area contributed by atoms with Crippen LogP contribution in [0.4, 0.5) is 14.5 Å². The number of rotatable bonds is 4. The molecule has 0 aliphatic rings. The third kappa shape index (κ3) is 3.75. The Morgan fingerprint density at radius 2 is 1.38 bits per heavy atom. The third-order valence-electron chi connectivity index (χ3n) is 3.12. The minimum Gasteiger partial charge on any atom is -0.453 e. The first-order chi connectivity index (χ1) is 11.5. The quantitative estimate of drug-likeness (QED) is 0.608. The summed E-state index contributed by atoms with van der Waals surface area (Å²) in [6.07, 6.45) is 0. The SMILES string of the molecule is Nc1ccc(Oc2ccc(F)cc2Cl)c(Oc2ccc(F)cc2)c1. The van der Waals surface area contributed by atoms with Gasteiger partial charge in [-0.05, 0) is 54.6 Å². The summed E-state index contributed by atoms with van der Waals surface area (Å²) in [4.78, 5) is 0. The Balaban J connectivity index is 1.91. The molecule has 3 aromatic rings. The van der Waals surface area contributed by atoms with Gasteiger partial charge in [0.25, 0.3) is 0 Å². The van der Waals surface area contributed by atoms with Crippen molar-refractivity contribution in [1.82, 2.24) is 0 Å². The number of ether oxygens (including phenoxy) is 2. The van der Waals surface area contributed by atoms with E-state index in [1.807, 2.05) is 0 Å². The van der Waals surface area contributed by atoms with Crippen molar-refractivity contribution in [2.24, 2.45) is 0 Å². The molecule has 0 aliphatic heterocycles. The molecule has 122 valence electrons. The second-order valence-electron chi connectivity index (χ2n) is 4.94. The minimum atomic E-state index is -0.465. The molecule has 0 atom stereocenters. The molecule has 0 aliphatic carbocycles. The topological polar surface area (TPSA) is 44.5 Å². The molecule has 3 rings (SSSR count). The lowest BCUT2D eigenvalue weighted by molar-refractivity contribution is 0.418. The van der Waals surface area contributed by atoms with Gasteiger partial charge in [0.15, 0.2) is 11.5 Å². The van der Waals surface area contributed by atoms with Crippen molar-refractivity contribution in [2.75, 3.05) is 5.73 Å². The van der Waals surface area contributed by atoms with Crippen LogP contribution < -0.4 is 15.2 Å². The Hall–Kier alpha value is -2.79. The first-order valence-electron chi connectivity index (χ1n) is 6.97. The normalized spacial score (nSPS) is 10.5. The second-order valence-corrected chi connectivity index (χ2v) is 5.35. The van der Waals surface area contributed by atoms with E-state index in [4.69, 9.17) is 26.8 Å². The van der Waals surface area contributed by atoms with Gasteiger partial charge in [-0.3, -0.25) is 0 Å². The van der Waals surface area contributed by atoms with E-state index in [0.29, 0.717) is 22.9 Å². The predicted molar refractivity (Wildman–Crippen MR) is 88.8 cm³/mol.